The fraction of sp³-hybridized carbons (Fsp3) is 0.392. The van der Waals surface area contributed by atoms with Gasteiger partial charge in [-0.1, -0.05) is 101 Å². The molecule has 0 radical (unpaired) electrons. The van der Waals surface area contributed by atoms with Crippen molar-refractivity contribution in [1.82, 2.24) is 63.6 Å². The lowest BCUT2D eigenvalue weighted by molar-refractivity contribution is -0.274. The van der Waals surface area contributed by atoms with Gasteiger partial charge in [0.2, 0.25) is 27.9 Å². The van der Waals surface area contributed by atoms with Gasteiger partial charge in [-0.2, -0.15) is 22.5 Å². The molecule has 0 spiro atoms. The average Bonchev–Trinajstić information content (AvgIpc) is 1.72. The molecule has 0 amide bonds. The van der Waals surface area contributed by atoms with Crippen LogP contribution in [0.1, 0.15) is 75.9 Å². The molecule has 3 aromatic heterocycles. The maximum absolute atomic E-state index is 14.2. The Hall–Kier alpha value is -8.68. The molecule has 0 saturated carbocycles. The fourth-order valence-electron chi connectivity index (χ4n) is 12.4. The van der Waals surface area contributed by atoms with Crippen LogP contribution in [-0.4, -0.2) is 198 Å². The molecule has 7 heterocycles. The predicted octanol–water partition coefficient (Wildman–Crippen LogP) is 17.3. The van der Waals surface area contributed by atoms with Gasteiger partial charge in [0.1, 0.15) is 21.5 Å². The highest BCUT2D eigenvalue weighted by Gasteiger charge is 2.34. The Bertz CT molecular complexity index is 4510. The van der Waals surface area contributed by atoms with Gasteiger partial charge in [0.05, 0.1) is 28.8 Å². The standard InChI is InChI=1S/C27H33ClFN7O2S.C24H25ClF3N5.C24H26F3N5O.4CH4/c1-33-13-15-35(16-14-33)19-20-5-8-22(9-6-20)31-27-30-18-23(28)26(32-27)34(2)24-10-7-21(29)17-25(24)39(37,38)36-11-3-4-12-36;1-16-14-29-23(31-22(16)18-11-19(24(26,27)28)13-20(25)12-18)30-21-5-3-17(4-6-21)15-33-9-7-32(2)8-10-33;1-17-15-28-23(30-22(17)19-4-3-5-21(14-19)33-24(25,26)27)29-20-8-6-18(7-9-20)16-32-12-10-31(2)11-13-32;;;;/h5-10,17-18H,3-4,11-16,19H2,1-2H3,(H,30,31,32);3-6,11-14H,7-10,15H2,1-2H3,(H,29,30,31);3-9,14-15H,10-13,16H2,1-2H3,(H,28,29,30);4*1H4. The summed E-state index contributed by atoms with van der Waals surface area (Å²) in [4.78, 5) is 42.2. The fourth-order valence-corrected chi connectivity index (χ4v) is 14.6. The maximum atomic E-state index is 14.2. The van der Waals surface area contributed by atoms with Crippen molar-refractivity contribution in [1.29, 1.82) is 0 Å². The summed E-state index contributed by atoms with van der Waals surface area (Å²) in [7, 11) is 4.19. The molecule has 4 aliphatic rings. The molecule has 588 valence electrons. The summed E-state index contributed by atoms with van der Waals surface area (Å²) in [6, 6.07) is 37.2. The van der Waals surface area contributed by atoms with E-state index < -0.39 is 33.9 Å². The number of ether oxygens (including phenoxy) is 1. The third-order valence-electron chi connectivity index (χ3n) is 18.4. The zero-order valence-corrected chi connectivity index (χ0v) is 61.5. The van der Waals surface area contributed by atoms with Crippen LogP contribution in [0.25, 0.3) is 22.5 Å². The molecule has 4 fully saturated rings. The largest absolute Gasteiger partial charge is 0.573 e. The number of anilines is 8. The van der Waals surface area contributed by atoms with Gasteiger partial charge in [0.15, 0.2) is 5.82 Å². The molecule has 0 aliphatic carbocycles. The number of benzene rings is 6. The zero-order valence-electron chi connectivity index (χ0n) is 59.2. The Morgan fingerprint density at radius 2 is 0.927 bits per heavy atom. The number of nitrogens with zero attached hydrogens (tertiary/aromatic N) is 14. The summed E-state index contributed by atoms with van der Waals surface area (Å²) in [6.45, 7) is 19.9. The monoisotopic (exact) mass is 1570 g/mol. The SMILES string of the molecule is C.C.C.C.CN1CCN(Cc2ccc(Nc3ncc(Cl)c(N(C)c4ccc(F)cc4S(=O)(=O)N4CCCC4)n3)cc2)CC1.Cc1cnc(Nc2ccc(CN3CCN(C)CC3)cc2)nc1-c1cc(Cl)cc(C(F)(F)F)c1.Cc1cnc(Nc2ccc(CN3CCN(C)CC3)cc2)nc1-c1cccc(OC(F)(F)F)c1. The van der Waals surface area contributed by atoms with Crippen LogP contribution in [0.2, 0.25) is 10.0 Å². The van der Waals surface area contributed by atoms with E-state index in [1.807, 2.05) is 43.3 Å². The molecule has 0 atom stereocenters. The second kappa shape index (κ2) is 39.3. The highest BCUT2D eigenvalue weighted by Crippen LogP contribution is 2.39. The van der Waals surface area contributed by atoms with Crippen molar-refractivity contribution in [3.05, 3.63) is 201 Å². The van der Waals surface area contributed by atoms with E-state index in [0.29, 0.717) is 64.8 Å². The molecule has 3 N–H and O–H groups in total. The minimum atomic E-state index is -4.75. The van der Waals surface area contributed by atoms with Gasteiger partial charge >= 0.3 is 12.5 Å². The topological polar surface area (TPSA) is 183 Å². The quantitative estimate of drug-likeness (QED) is 0.0649. The van der Waals surface area contributed by atoms with E-state index >= 15 is 0 Å². The number of piperazine rings is 3. The number of aryl methyl sites for hydroxylation is 2. The molecule has 109 heavy (non-hydrogen) atoms. The molecular weight excluding hydrogens is 1470 g/mol. The van der Waals surface area contributed by atoms with Crippen LogP contribution in [0.15, 0.2) is 157 Å². The first-order chi connectivity index (χ1) is 50.1. The van der Waals surface area contributed by atoms with Crippen LogP contribution in [-0.2, 0) is 35.8 Å². The van der Waals surface area contributed by atoms with Gasteiger partial charge in [0, 0.05) is 164 Å². The van der Waals surface area contributed by atoms with E-state index in [0.717, 1.165) is 152 Å². The van der Waals surface area contributed by atoms with Gasteiger partial charge in [-0.15, -0.1) is 13.2 Å². The summed E-state index contributed by atoms with van der Waals surface area (Å²) < 4.78 is 124. The van der Waals surface area contributed by atoms with Crippen LogP contribution in [0, 0.1) is 19.7 Å². The van der Waals surface area contributed by atoms with E-state index in [1.54, 1.807) is 37.3 Å². The summed E-state index contributed by atoms with van der Waals surface area (Å²) >= 11 is 12.4. The van der Waals surface area contributed by atoms with Crippen LogP contribution in [0.3, 0.4) is 0 Å². The number of halogens is 9. The molecule has 4 saturated heterocycles. The number of hydrogen-bond donors (Lipinski definition) is 3. The second-order valence-electron chi connectivity index (χ2n) is 26.6. The van der Waals surface area contributed by atoms with E-state index in [4.69, 9.17) is 23.2 Å². The molecule has 30 heteroatoms. The molecule has 0 bridgehead atoms. The highest BCUT2D eigenvalue weighted by molar-refractivity contribution is 7.89. The average molecular weight is 1570 g/mol. The van der Waals surface area contributed by atoms with Crippen molar-refractivity contribution >= 4 is 79.6 Å². The Kier molecular flexibility index (Phi) is 31.6. The van der Waals surface area contributed by atoms with E-state index in [9.17, 15) is 39.2 Å². The predicted molar refractivity (Wildman–Crippen MR) is 425 cm³/mol. The molecule has 4 aliphatic heterocycles. The third-order valence-corrected chi connectivity index (χ3v) is 20.8. The van der Waals surface area contributed by atoms with Crippen LogP contribution in [0.5, 0.6) is 5.75 Å². The molecule has 13 rings (SSSR count). The first-order valence-electron chi connectivity index (χ1n) is 34.4. The lowest BCUT2D eigenvalue weighted by atomic mass is 10.0. The van der Waals surface area contributed by atoms with Gasteiger partial charge < -0.3 is 40.3 Å². The van der Waals surface area contributed by atoms with Crippen LogP contribution >= 0.6 is 23.2 Å². The number of hydrogen-bond acceptors (Lipinski definition) is 19. The first-order valence-corrected chi connectivity index (χ1v) is 36.6. The van der Waals surface area contributed by atoms with E-state index in [1.165, 1.54) is 63.6 Å². The second-order valence-corrected chi connectivity index (χ2v) is 29.4. The van der Waals surface area contributed by atoms with Crippen molar-refractivity contribution in [2.45, 2.75) is 93.5 Å². The number of alkyl halides is 6. The van der Waals surface area contributed by atoms with E-state index in [-0.39, 0.29) is 56.1 Å². The number of likely N-dealkylation sites (N-methyl/N-ethyl adjacent to an activating group) is 3. The smallest absolute Gasteiger partial charge is 0.406 e. The molecule has 20 nitrogen and oxygen atoms in total. The maximum Gasteiger partial charge on any atom is 0.573 e. The lowest BCUT2D eigenvalue weighted by Gasteiger charge is -2.32. The minimum Gasteiger partial charge on any atom is -0.406 e. The number of sulfonamides is 1. The lowest BCUT2D eigenvalue weighted by Crippen LogP contribution is -2.43. The van der Waals surface area contributed by atoms with Crippen molar-refractivity contribution in [3.63, 3.8) is 0 Å². The Morgan fingerprint density at radius 1 is 0.505 bits per heavy atom. The van der Waals surface area contributed by atoms with Gasteiger partial charge in [-0.25, -0.2) is 37.7 Å². The summed E-state index contributed by atoms with van der Waals surface area (Å²) in [6.07, 6.45) is -2.99. The van der Waals surface area contributed by atoms with E-state index in [2.05, 4.69) is 138 Å². The summed E-state index contributed by atoms with van der Waals surface area (Å²) in [5.74, 6) is 0.352. The number of aromatic nitrogens is 6. The van der Waals surface area contributed by atoms with Crippen molar-refractivity contribution in [2.24, 2.45) is 0 Å². The molecule has 0 unspecified atom stereocenters. The third kappa shape index (κ3) is 24.7. The highest BCUT2D eigenvalue weighted by atomic mass is 35.5. The number of rotatable bonds is 19. The molecule has 9 aromatic rings. The number of nitrogens with one attached hydrogen (secondary N) is 3. The van der Waals surface area contributed by atoms with Crippen molar-refractivity contribution < 1.29 is 43.9 Å². The first kappa shape index (κ1) is 87.5. The normalized spacial score (nSPS) is 15.6. The Balaban J connectivity index is 0.000000224. The Labute approximate surface area is 647 Å². The van der Waals surface area contributed by atoms with Gasteiger partial charge in [-0.3, -0.25) is 14.7 Å². The van der Waals surface area contributed by atoms with Gasteiger partial charge in [-0.05, 0) is 161 Å². The van der Waals surface area contributed by atoms with Crippen LogP contribution in [0.4, 0.5) is 77.1 Å². The molecule has 6 aromatic carbocycles. The van der Waals surface area contributed by atoms with Crippen LogP contribution < -0.4 is 25.6 Å². The summed E-state index contributed by atoms with van der Waals surface area (Å²) in [5, 5.41) is 9.75. The minimum absolute atomic E-state index is 0. The van der Waals surface area contributed by atoms with Crippen molar-refractivity contribution in [3.8, 4) is 28.3 Å². The summed E-state index contributed by atoms with van der Waals surface area (Å²) in [5.41, 5.74) is 8.72. The van der Waals surface area contributed by atoms with Gasteiger partial charge in [0.25, 0.3) is 0 Å². The molecular formula is C79H100Cl2F7N17O3S. The zero-order chi connectivity index (χ0) is 74.6. The Morgan fingerprint density at radius 3 is 1.36 bits per heavy atom. The van der Waals surface area contributed by atoms with Crippen molar-refractivity contribution in [2.75, 3.05) is 141 Å².